The molecule has 1 heterocycles. The van der Waals surface area contributed by atoms with Crippen LogP contribution in [0, 0.1) is 0 Å². The van der Waals surface area contributed by atoms with Crippen LogP contribution >= 0.6 is 11.3 Å². The van der Waals surface area contributed by atoms with Gasteiger partial charge in [-0.25, -0.2) is 4.98 Å². The zero-order chi connectivity index (χ0) is 12.3. The minimum Gasteiger partial charge on any atom is -0.546 e. The third-order valence-electron chi connectivity index (χ3n) is 2.03. The number of nitrogens with zero attached hydrogens (tertiary/aromatic N) is 1. The van der Waals surface area contributed by atoms with Gasteiger partial charge in [0.15, 0.2) is 5.13 Å². The highest BCUT2D eigenvalue weighted by Gasteiger charge is 2.02. The van der Waals surface area contributed by atoms with E-state index in [0.717, 1.165) is 11.3 Å². The average Bonchev–Trinajstić information content (AvgIpc) is 2.74. The lowest BCUT2D eigenvalue weighted by atomic mass is 10.2. The van der Waals surface area contributed by atoms with Crippen molar-refractivity contribution in [1.29, 1.82) is 0 Å². The molecular formula is C11H9N2O3S-. The Morgan fingerprint density at radius 3 is 2.65 bits per heavy atom. The molecule has 0 atom stereocenters. The van der Waals surface area contributed by atoms with Crippen LogP contribution in [0.5, 0.6) is 5.75 Å². The number of nitrogen functional groups attached to an aromatic ring is 1. The Kier molecular flexibility index (Phi) is 3.24. The molecule has 88 valence electrons. The maximum atomic E-state index is 10.2. The fourth-order valence-electron chi connectivity index (χ4n) is 1.28. The number of carbonyl (C=O) groups excluding carboxylic acids is 1. The normalized spacial score (nSPS) is 10.1. The SMILES string of the molecule is Nc1nc(-c2ccc(OCC(=O)[O-])cc2)cs1. The van der Waals surface area contributed by atoms with Crippen molar-refractivity contribution < 1.29 is 14.6 Å². The summed E-state index contributed by atoms with van der Waals surface area (Å²) in [5, 5.41) is 12.6. The van der Waals surface area contributed by atoms with E-state index in [1.807, 2.05) is 5.38 Å². The third-order valence-corrected chi connectivity index (χ3v) is 2.70. The fraction of sp³-hybridized carbons (Fsp3) is 0.0909. The number of ether oxygens (including phenoxy) is 1. The molecule has 1 aromatic carbocycles. The maximum Gasteiger partial charge on any atom is 0.180 e. The zero-order valence-electron chi connectivity index (χ0n) is 8.75. The second-order valence-electron chi connectivity index (χ2n) is 3.26. The number of anilines is 1. The van der Waals surface area contributed by atoms with Crippen molar-refractivity contribution in [2.45, 2.75) is 0 Å². The predicted octanol–water partition coefficient (Wildman–Crippen LogP) is 0.521. The molecule has 0 saturated carbocycles. The van der Waals surface area contributed by atoms with Crippen molar-refractivity contribution in [2.75, 3.05) is 12.3 Å². The van der Waals surface area contributed by atoms with Gasteiger partial charge in [0.25, 0.3) is 0 Å². The molecule has 2 aromatic rings. The van der Waals surface area contributed by atoms with Crippen LogP contribution in [0.15, 0.2) is 29.6 Å². The summed E-state index contributed by atoms with van der Waals surface area (Å²) in [4.78, 5) is 14.3. The number of carboxylic acid groups (broad SMARTS) is 1. The first kappa shape index (κ1) is 11.4. The predicted molar refractivity (Wildman–Crippen MR) is 62.5 cm³/mol. The number of thiazole rings is 1. The number of hydrogen-bond acceptors (Lipinski definition) is 6. The van der Waals surface area contributed by atoms with Gasteiger partial charge < -0.3 is 20.4 Å². The minimum absolute atomic E-state index is 0.455. The number of carboxylic acids is 1. The van der Waals surface area contributed by atoms with Crippen LogP contribution in [-0.4, -0.2) is 17.6 Å². The molecule has 5 nitrogen and oxygen atoms in total. The van der Waals surface area contributed by atoms with Gasteiger partial charge in [-0.2, -0.15) is 0 Å². The molecule has 0 amide bonds. The van der Waals surface area contributed by atoms with E-state index in [9.17, 15) is 9.90 Å². The Morgan fingerprint density at radius 1 is 1.41 bits per heavy atom. The molecule has 0 fully saturated rings. The van der Waals surface area contributed by atoms with E-state index in [0.29, 0.717) is 10.9 Å². The molecule has 0 spiro atoms. The van der Waals surface area contributed by atoms with Gasteiger partial charge in [0.1, 0.15) is 12.4 Å². The van der Waals surface area contributed by atoms with E-state index < -0.39 is 12.6 Å². The molecule has 0 saturated heterocycles. The molecule has 0 aliphatic rings. The molecule has 17 heavy (non-hydrogen) atoms. The Balaban J connectivity index is 2.10. The molecule has 1 aromatic heterocycles. The number of carbonyl (C=O) groups is 1. The second kappa shape index (κ2) is 4.84. The first-order valence-electron chi connectivity index (χ1n) is 4.79. The monoisotopic (exact) mass is 249 g/mol. The maximum absolute atomic E-state index is 10.2. The summed E-state index contributed by atoms with van der Waals surface area (Å²) in [6.45, 7) is -0.455. The van der Waals surface area contributed by atoms with Crippen LogP contribution in [0.2, 0.25) is 0 Å². The number of rotatable bonds is 4. The van der Waals surface area contributed by atoms with Crippen LogP contribution in [0.3, 0.4) is 0 Å². The van der Waals surface area contributed by atoms with Crippen LogP contribution in [0.4, 0.5) is 5.13 Å². The smallest absolute Gasteiger partial charge is 0.180 e. The highest BCUT2D eigenvalue weighted by molar-refractivity contribution is 7.13. The summed E-state index contributed by atoms with van der Waals surface area (Å²) in [6.07, 6.45) is 0. The van der Waals surface area contributed by atoms with Gasteiger partial charge in [0.2, 0.25) is 0 Å². The Bertz CT molecular complexity index is 522. The van der Waals surface area contributed by atoms with Crippen molar-refractivity contribution in [2.24, 2.45) is 0 Å². The zero-order valence-corrected chi connectivity index (χ0v) is 9.57. The van der Waals surface area contributed by atoms with E-state index in [1.165, 1.54) is 11.3 Å². The number of hydrogen-bond donors (Lipinski definition) is 1. The Labute approximate surface area is 101 Å². The Hall–Kier alpha value is -2.08. The quantitative estimate of drug-likeness (QED) is 0.853. The number of nitrogens with two attached hydrogens (primary N) is 1. The second-order valence-corrected chi connectivity index (χ2v) is 4.15. The Morgan fingerprint density at radius 2 is 2.12 bits per heavy atom. The molecule has 6 heteroatoms. The summed E-state index contributed by atoms with van der Waals surface area (Å²) < 4.78 is 4.96. The van der Waals surface area contributed by atoms with Crippen LogP contribution in [0.1, 0.15) is 0 Å². The van der Waals surface area contributed by atoms with Gasteiger partial charge in [-0.15, -0.1) is 11.3 Å². The van der Waals surface area contributed by atoms with Crippen molar-refractivity contribution in [1.82, 2.24) is 4.98 Å². The van der Waals surface area contributed by atoms with Crippen LogP contribution in [-0.2, 0) is 4.79 Å². The average molecular weight is 249 g/mol. The molecule has 0 aliphatic carbocycles. The van der Waals surface area contributed by atoms with Gasteiger partial charge in [0, 0.05) is 10.9 Å². The van der Waals surface area contributed by atoms with Gasteiger partial charge >= 0.3 is 0 Å². The number of aromatic nitrogens is 1. The van der Waals surface area contributed by atoms with E-state index >= 15 is 0 Å². The van der Waals surface area contributed by atoms with Crippen molar-refractivity contribution in [3.05, 3.63) is 29.6 Å². The van der Waals surface area contributed by atoms with Gasteiger partial charge in [0.05, 0.1) is 11.7 Å². The number of aliphatic carboxylic acids is 1. The van der Waals surface area contributed by atoms with E-state index in [4.69, 9.17) is 10.5 Å². The summed E-state index contributed by atoms with van der Waals surface area (Å²) in [6, 6.07) is 6.93. The van der Waals surface area contributed by atoms with Gasteiger partial charge in [-0.05, 0) is 24.3 Å². The molecular weight excluding hydrogens is 240 g/mol. The van der Waals surface area contributed by atoms with Gasteiger partial charge in [-0.3, -0.25) is 0 Å². The highest BCUT2D eigenvalue weighted by atomic mass is 32.1. The largest absolute Gasteiger partial charge is 0.546 e. The molecule has 0 radical (unpaired) electrons. The molecule has 0 aliphatic heterocycles. The van der Waals surface area contributed by atoms with E-state index in [2.05, 4.69) is 4.98 Å². The lowest BCUT2D eigenvalue weighted by molar-refractivity contribution is -0.307. The third kappa shape index (κ3) is 2.94. The summed E-state index contributed by atoms with van der Waals surface area (Å²) in [7, 11) is 0. The number of benzene rings is 1. The minimum atomic E-state index is -1.25. The van der Waals surface area contributed by atoms with Crippen molar-refractivity contribution in [3.8, 4) is 17.0 Å². The molecule has 2 rings (SSSR count). The van der Waals surface area contributed by atoms with Crippen LogP contribution < -0.4 is 15.6 Å². The molecule has 0 bridgehead atoms. The first-order chi connectivity index (χ1) is 8.15. The van der Waals surface area contributed by atoms with Gasteiger partial charge in [-0.1, -0.05) is 0 Å². The summed E-state index contributed by atoms with van der Waals surface area (Å²) >= 11 is 1.37. The van der Waals surface area contributed by atoms with E-state index in [1.54, 1.807) is 24.3 Å². The first-order valence-corrected chi connectivity index (χ1v) is 5.67. The van der Waals surface area contributed by atoms with Crippen LogP contribution in [0.25, 0.3) is 11.3 Å². The fourth-order valence-corrected chi connectivity index (χ4v) is 1.86. The standard InChI is InChI=1S/C11H10N2O3S/c12-11-13-9(6-17-11)7-1-3-8(4-2-7)16-5-10(14)15/h1-4,6H,5H2,(H2,12,13)(H,14,15)/p-1. The van der Waals surface area contributed by atoms with E-state index in [-0.39, 0.29) is 0 Å². The lowest BCUT2D eigenvalue weighted by Crippen LogP contribution is -2.28. The molecule has 0 unspecified atom stereocenters. The summed E-state index contributed by atoms with van der Waals surface area (Å²) in [5.41, 5.74) is 7.23. The van der Waals surface area contributed by atoms with Crippen molar-refractivity contribution in [3.63, 3.8) is 0 Å². The topological polar surface area (TPSA) is 88.3 Å². The molecule has 2 N–H and O–H groups in total. The van der Waals surface area contributed by atoms with Crippen molar-refractivity contribution >= 4 is 22.4 Å². The lowest BCUT2D eigenvalue weighted by Gasteiger charge is -2.06. The highest BCUT2D eigenvalue weighted by Crippen LogP contribution is 2.24. The summed E-state index contributed by atoms with van der Waals surface area (Å²) in [5.74, 6) is -0.775.